The van der Waals surface area contributed by atoms with Gasteiger partial charge in [-0.2, -0.15) is 0 Å². The summed E-state index contributed by atoms with van der Waals surface area (Å²) in [5.74, 6) is -0.627. The van der Waals surface area contributed by atoms with Crippen LogP contribution in [0.2, 0.25) is 5.15 Å². The van der Waals surface area contributed by atoms with Gasteiger partial charge in [0.25, 0.3) is 11.8 Å². The van der Waals surface area contributed by atoms with Gasteiger partial charge in [-0.05, 0) is 36.8 Å². The topological polar surface area (TPSA) is 71.1 Å². The third-order valence-electron chi connectivity index (χ3n) is 3.98. The number of pyridine rings is 1. The first kappa shape index (κ1) is 18.6. The Balaban J connectivity index is 1.72. The quantitative estimate of drug-likeness (QED) is 0.652. The first-order valence-electron chi connectivity index (χ1n) is 8.38. The summed E-state index contributed by atoms with van der Waals surface area (Å²) in [4.78, 5) is 28.9. The Morgan fingerprint density at radius 3 is 2.48 bits per heavy atom. The Morgan fingerprint density at radius 1 is 1.00 bits per heavy atom. The van der Waals surface area contributed by atoms with Crippen molar-refractivity contribution in [2.24, 2.45) is 0 Å². The molecule has 1 aromatic heterocycles. The minimum Gasteiger partial charge on any atom is -0.348 e. The van der Waals surface area contributed by atoms with Crippen molar-refractivity contribution < 1.29 is 9.59 Å². The molecule has 3 aromatic rings. The van der Waals surface area contributed by atoms with Crippen molar-refractivity contribution >= 4 is 29.1 Å². The molecule has 136 valence electrons. The molecule has 0 unspecified atom stereocenters. The van der Waals surface area contributed by atoms with Gasteiger partial charge in [-0.15, -0.1) is 0 Å². The van der Waals surface area contributed by atoms with Crippen molar-refractivity contribution in [3.8, 4) is 0 Å². The molecule has 0 atom stereocenters. The van der Waals surface area contributed by atoms with E-state index in [2.05, 4.69) is 15.6 Å². The maximum absolute atomic E-state index is 12.6. The summed E-state index contributed by atoms with van der Waals surface area (Å²) in [5, 5.41) is 5.86. The van der Waals surface area contributed by atoms with Crippen LogP contribution in [-0.2, 0) is 6.54 Å². The predicted octanol–water partition coefficient (Wildman–Crippen LogP) is 4.23. The van der Waals surface area contributed by atoms with E-state index in [1.807, 2.05) is 31.2 Å². The summed E-state index contributed by atoms with van der Waals surface area (Å²) in [5.41, 5.74) is 3.34. The van der Waals surface area contributed by atoms with E-state index in [1.54, 1.807) is 30.3 Å². The number of nitrogens with one attached hydrogen (secondary N) is 2. The van der Waals surface area contributed by atoms with Crippen LogP contribution in [0.4, 0.5) is 5.69 Å². The number of anilines is 1. The molecule has 27 heavy (non-hydrogen) atoms. The molecule has 2 aromatic carbocycles. The second-order valence-electron chi connectivity index (χ2n) is 6.04. The van der Waals surface area contributed by atoms with Gasteiger partial charge in [0.2, 0.25) is 0 Å². The van der Waals surface area contributed by atoms with Crippen LogP contribution in [0.3, 0.4) is 0 Å². The number of aryl methyl sites for hydroxylation is 1. The predicted molar refractivity (Wildman–Crippen MR) is 106 cm³/mol. The Labute approximate surface area is 162 Å². The van der Waals surface area contributed by atoms with Crippen LogP contribution in [0.5, 0.6) is 0 Å². The summed E-state index contributed by atoms with van der Waals surface area (Å²) in [6.07, 6.45) is 1.46. The zero-order valence-electron chi connectivity index (χ0n) is 14.7. The second-order valence-corrected chi connectivity index (χ2v) is 6.42. The highest BCUT2D eigenvalue weighted by atomic mass is 35.5. The van der Waals surface area contributed by atoms with Gasteiger partial charge in [0.1, 0.15) is 5.15 Å². The summed E-state index contributed by atoms with van der Waals surface area (Å²) in [7, 11) is 0. The van der Waals surface area contributed by atoms with Crippen LogP contribution in [0.1, 0.15) is 31.8 Å². The van der Waals surface area contributed by atoms with Crippen molar-refractivity contribution in [1.29, 1.82) is 0 Å². The smallest absolute Gasteiger partial charge is 0.255 e. The molecule has 2 N–H and O–H groups in total. The van der Waals surface area contributed by atoms with Gasteiger partial charge in [-0.1, -0.05) is 53.6 Å². The average molecular weight is 380 g/mol. The highest BCUT2D eigenvalue weighted by Gasteiger charge is 2.14. The van der Waals surface area contributed by atoms with E-state index in [0.717, 1.165) is 11.1 Å². The highest BCUT2D eigenvalue weighted by molar-refractivity contribution is 6.29. The number of para-hydroxylation sites is 1. The molecule has 0 aliphatic carbocycles. The third kappa shape index (κ3) is 4.92. The van der Waals surface area contributed by atoms with Crippen LogP contribution in [0, 0.1) is 6.92 Å². The number of hydrogen-bond acceptors (Lipinski definition) is 3. The normalized spacial score (nSPS) is 10.3. The molecule has 0 radical (unpaired) electrons. The Hall–Kier alpha value is -3.18. The average Bonchev–Trinajstić information content (AvgIpc) is 2.67. The number of amides is 2. The van der Waals surface area contributed by atoms with E-state index < -0.39 is 0 Å². The number of aromatic nitrogens is 1. The van der Waals surface area contributed by atoms with Crippen LogP contribution in [-0.4, -0.2) is 16.8 Å². The van der Waals surface area contributed by atoms with Crippen LogP contribution < -0.4 is 10.6 Å². The second kappa shape index (κ2) is 8.47. The molecule has 1 heterocycles. The molecule has 0 bridgehead atoms. The van der Waals surface area contributed by atoms with E-state index in [9.17, 15) is 9.59 Å². The fourth-order valence-electron chi connectivity index (χ4n) is 2.51. The minimum absolute atomic E-state index is 0.228. The molecule has 0 aliphatic heterocycles. The van der Waals surface area contributed by atoms with Crippen molar-refractivity contribution in [1.82, 2.24) is 10.3 Å². The van der Waals surface area contributed by atoms with E-state index in [1.165, 1.54) is 12.3 Å². The SMILES string of the molecule is Cc1ccc(CNC(=O)c2ccccc2NC(=O)c2ccnc(Cl)c2)cc1. The van der Waals surface area contributed by atoms with Gasteiger partial charge >= 0.3 is 0 Å². The fourth-order valence-corrected chi connectivity index (χ4v) is 2.69. The van der Waals surface area contributed by atoms with Gasteiger partial charge in [0.15, 0.2) is 0 Å². The van der Waals surface area contributed by atoms with Crippen molar-refractivity contribution in [2.45, 2.75) is 13.5 Å². The Bertz CT molecular complexity index is 971. The van der Waals surface area contributed by atoms with Gasteiger partial charge in [-0.3, -0.25) is 9.59 Å². The monoisotopic (exact) mass is 379 g/mol. The van der Waals surface area contributed by atoms with Gasteiger partial charge in [0.05, 0.1) is 11.3 Å². The number of hydrogen-bond donors (Lipinski definition) is 2. The van der Waals surface area contributed by atoms with Gasteiger partial charge in [-0.25, -0.2) is 4.98 Å². The summed E-state index contributed by atoms with van der Waals surface area (Å²) in [6.45, 7) is 2.42. The Kier molecular flexibility index (Phi) is 5.84. The van der Waals surface area contributed by atoms with Crippen LogP contribution in [0.15, 0.2) is 66.9 Å². The lowest BCUT2D eigenvalue weighted by molar-refractivity contribution is 0.0952. The lowest BCUT2D eigenvalue weighted by atomic mass is 10.1. The largest absolute Gasteiger partial charge is 0.348 e. The number of rotatable bonds is 5. The molecule has 0 fully saturated rings. The lowest BCUT2D eigenvalue weighted by Crippen LogP contribution is -2.24. The number of benzene rings is 2. The lowest BCUT2D eigenvalue weighted by Gasteiger charge is -2.12. The minimum atomic E-state index is -0.363. The first-order valence-corrected chi connectivity index (χ1v) is 8.76. The van der Waals surface area contributed by atoms with Crippen LogP contribution in [0.25, 0.3) is 0 Å². The molecular formula is C21H18ClN3O2. The molecule has 6 heteroatoms. The molecule has 0 aliphatic rings. The highest BCUT2D eigenvalue weighted by Crippen LogP contribution is 2.17. The summed E-state index contributed by atoms with van der Waals surface area (Å²) >= 11 is 5.83. The van der Waals surface area contributed by atoms with Crippen LogP contribution >= 0.6 is 11.6 Å². The third-order valence-corrected chi connectivity index (χ3v) is 4.19. The maximum Gasteiger partial charge on any atom is 0.255 e. The summed E-state index contributed by atoms with van der Waals surface area (Å²) in [6, 6.07) is 17.8. The standard InChI is InChI=1S/C21H18ClN3O2/c1-14-6-8-15(9-7-14)13-24-21(27)17-4-2-3-5-18(17)25-20(26)16-10-11-23-19(22)12-16/h2-12H,13H2,1H3,(H,24,27)(H,25,26). The molecule has 0 spiro atoms. The van der Waals surface area contributed by atoms with Crippen molar-refractivity contribution in [3.63, 3.8) is 0 Å². The molecule has 5 nitrogen and oxygen atoms in total. The number of carbonyl (C=O) groups excluding carboxylic acids is 2. The van der Waals surface area contributed by atoms with Crippen molar-refractivity contribution in [3.05, 3.63) is 94.3 Å². The zero-order chi connectivity index (χ0) is 19.2. The molecular weight excluding hydrogens is 362 g/mol. The number of halogens is 1. The number of nitrogens with zero attached hydrogens (tertiary/aromatic N) is 1. The Morgan fingerprint density at radius 2 is 1.74 bits per heavy atom. The molecule has 0 saturated carbocycles. The van der Waals surface area contributed by atoms with E-state index in [4.69, 9.17) is 11.6 Å². The molecule has 0 saturated heterocycles. The maximum atomic E-state index is 12.6. The van der Waals surface area contributed by atoms with E-state index >= 15 is 0 Å². The van der Waals surface area contributed by atoms with Gasteiger partial charge < -0.3 is 10.6 Å². The fraction of sp³-hybridized carbons (Fsp3) is 0.0952. The van der Waals surface area contributed by atoms with Crippen molar-refractivity contribution in [2.75, 3.05) is 5.32 Å². The van der Waals surface area contributed by atoms with E-state index in [-0.39, 0.29) is 17.0 Å². The van der Waals surface area contributed by atoms with Gasteiger partial charge in [0, 0.05) is 18.3 Å². The number of carbonyl (C=O) groups is 2. The first-order chi connectivity index (χ1) is 13.0. The molecule has 2 amide bonds. The zero-order valence-corrected chi connectivity index (χ0v) is 15.5. The molecule has 3 rings (SSSR count). The van der Waals surface area contributed by atoms with E-state index in [0.29, 0.717) is 23.4 Å². The summed E-state index contributed by atoms with van der Waals surface area (Å²) < 4.78 is 0.